The third-order valence-corrected chi connectivity index (χ3v) is 2.08. The number of aromatic nitrogens is 5. The predicted molar refractivity (Wildman–Crippen MR) is 67.0 cm³/mol. The van der Waals surface area contributed by atoms with Gasteiger partial charge < -0.3 is 10.1 Å². The van der Waals surface area contributed by atoms with E-state index in [4.69, 9.17) is 4.74 Å². The number of rotatable bonds is 4. The SMILES string of the molecule is CNc1nc(OC(C)C)nc(-n2cc(C)cn2)n1. The summed E-state index contributed by atoms with van der Waals surface area (Å²) >= 11 is 0. The molecule has 0 aliphatic carbocycles. The van der Waals surface area contributed by atoms with Gasteiger partial charge in [-0.25, -0.2) is 4.68 Å². The van der Waals surface area contributed by atoms with Gasteiger partial charge in [0.1, 0.15) is 0 Å². The number of hydrogen-bond acceptors (Lipinski definition) is 6. The molecule has 0 saturated heterocycles. The molecule has 0 radical (unpaired) electrons. The molecule has 2 heterocycles. The van der Waals surface area contributed by atoms with Crippen molar-refractivity contribution in [2.75, 3.05) is 12.4 Å². The minimum absolute atomic E-state index is 0.00399. The molecule has 1 N–H and O–H groups in total. The van der Waals surface area contributed by atoms with Crippen molar-refractivity contribution in [3.8, 4) is 12.0 Å². The van der Waals surface area contributed by atoms with E-state index in [1.807, 2.05) is 27.0 Å². The van der Waals surface area contributed by atoms with Crippen molar-refractivity contribution in [2.24, 2.45) is 0 Å². The van der Waals surface area contributed by atoms with Crippen molar-refractivity contribution in [2.45, 2.75) is 26.9 Å². The van der Waals surface area contributed by atoms with Crippen molar-refractivity contribution in [1.29, 1.82) is 0 Å². The van der Waals surface area contributed by atoms with Gasteiger partial charge in [-0.2, -0.15) is 20.1 Å². The fourth-order valence-corrected chi connectivity index (χ4v) is 1.35. The molecule has 0 atom stereocenters. The maximum Gasteiger partial charge on any atom is 0.323 e. The van der Waals surface area contributed by atoms with Gasteiger partial charge in [0.15, 0.2) is 0 Å². The Morgan fingerprint density at radius 2 is 2.06 bits per heavy atom. The number of aryl methyl sites for hydroxylation is 1. The monoisotopic (exact) mass is 248 g/mol. The summed E-state index contributed by atoms with van der Waals surface area (Å²) in [5.74, 6) is 0.877. The van der Waals surface area contributed by atoms with E-state index >= 15 is 0 Å². The van der Waals surface area contributed by atoms with Crippen LogP contribution in [-0.4, -0.2) is 37.9 Å². The normalized spacial score (nSPS) is 10.7. The highest BCUT2D eigenvalue weighted by Gasteiger charge is 2.10. The van der Waals surface area contributed by atoms with E-state index in [1.165, 1.54) is 0 Å². The standard InChI is InChI=1S/C11H16N6O/c1-7(2)18-11-15-9(12-4)14-10(16-11)17-6-8(3)5-13-17/h5-7H,1-4H3,(H,12,14,15,16). The molecule has 0 aliphatic heterocycles. The molecule has 96 valence electrons. The lowest BCUT2D eigenvalue weighted by atomic mass is 10.4. The van der Waals surface area contributed by atoms with Crippen molar-refractivity contribution >= 4 is 5.95 Å². The zero-order valence-corrected chi connectivity index (χ0v) is 10.9. The molecular formula is C11H16N6O. The number of nitrogens with one attached hydrogen (secondary N) is 1. The molecule has 0 fully saturated rings. The van der Waals surface area contributed by atoms with E-state index < -0.39 is 0 Å². The lowest BCUT2D eigenvalue weighted by Gasteiger charge is -2.09. The van der Waals surface area contributed by atoms with Crippen LogP contribution in [0.2, 0.25) is 0 Å². The first-order valence-electron chi connectivity index (χ1n) is 5.70. The quantitative estimate of drug-likeness (QED) is 0.875. The molecule has 0 aliphatic rings. The molecule has 0 amide bonds. The summed E-state index contributed by atoms with van der Waals surface area (Å²) in [5.41, 5.74) is 1.03. The van der Waals surface area contributed by atoms with Gasteiger partial charge in [-0.3, -0.25) is 0 Å². The first kappa shape index (κ1) is 12.3. The summed E-state index contributed by atoms with van der Waals surface area (Å²) < 4.78 is 7.07. The third-order valence-electron chi connectivity index (χ3n) is 2.08. The van der Waals surface area contributed by atoms with Crippen LogP contribution in [-0.2, 0) is 0 Å². The predicted octanol–water partition coefficient (Wildman–Crippen LogP) is 1.19. The molecule has 0 bridgehead atoms. The minimum atomic E-state index is 0.00399. The molecule has 2 aromatic rings. The molecule has 2 rings (SSSR count). The second-order valence-electron chi connectivity index (χ2n) is 4.12. The molecule has 0 saturated carbocycles. The van der Waals surface area contributed by atoms with Crippen LogP contribution in [0.3, 0.4) is 0 Å². The Morgan fingerprint density at radius 3 is 2.61 bits per heavy atom. The molecule has 2 aromatic heterocycles. The summed E-state index contributed by atoms with van der Waals surface area (Å²) in [6.45, 7) is 5.79. The highest BCUT2D eigenvalue weighted by molar-refractivity contribution is 5.29. The molecular weight excluding hydrogens is 232 g/mol. The smallest absolute Gasteiger partial charge is 0.323 e. The van der Waals surface area contributed by atoms with Gasteiger partial charge >= 0.3 is 6.01 Å². The summed E-state index contributed by atoms with van der Waals surface area (Å²) in [6.07, 6.45) is 3.59. The van der Waals surface area contributed by atoms with Crippen molar-refractivity contribution in [3.05, 3.63) is 18.0 Å². The lowest BCUT2D eigenvalue weighted by Crippen LogP contribution is -2.13. The Bertz CT molecular complexity index is 536. The van der Waals surface area contributed by atoms with E-state index in [0.717, 1.165) is 5.56 Å². The van der Waals surface area contributed by atoms with Crippen LogP contribution in [0.25, 0.3) is 5.95 Å². The van der Waals surface area contributed by atoms with Crippen molar-refractivity contribution < 1.29 is 4.74 Å². The second-order valence-corrected chi connectivity index (χ2v) is 4.12. The van der Waals surface area contributed by atoms with Crippen molar-refractivity contribution in [1.82, 2.24) is 24.7 Å². The average molecular weight is 248 g/mol. The Morgan fingerprint density at radius 1 is 1.28 bits per heavy atom. The highest BCUT2D eigenvalue weighted by atomic mass is 16.5. The van der Waals surface area contributed by atoms with Crippen LogP contribution < -0.4 is 10.1 Å². The Balaban J connectivity index is 2.40. The first-order chi connectivity index (χ1) is 8.58. The highest BCUT2D eigenvalue weighted by Crippen LogP contribution is 2.12. The molecule has 7 nitrogen and oxygen atoms in total. The Hall–Kier alpha value is -2.18. The van der Waals surface area contributed by atoms with E-state index in [9.17, 15) is 0 Å². The number of ether oxygens (including phenoxy) is 1. The summed E-state index contributed by atoms with van der Waals surface area (Å²) in [4.78, 5) is 12.6. The number of nitrogens with zero attached hydrogens (tertiary/aromatic N) is 5. The Kier molecular flexibility index (Phi) is 3.40. The van der Waals surface area contributed by atoms with E-state index in [0.29, 0.717) is 11.9 Å². The van der Waals surface area contributed by atoms with Crippen LogP contribution in [0.1, 0.15) is 19.4 Å². The van der Waals surface area contributed by atoms with Gasteiger partial charge in [-0.05, 0) is 26.3 Å². The topological polar surface area (TPSA) is 77.8 Å². The van der Waals surface area contributed by atoms with E-state index in [-0.39, 0.29) is 12.1 Å². The summed E-state index contributed by atoms with van der Waals surface area (Å²) in [5, 5.41) is 7.04. The van der Waals surface area contributed by atoms with Crippen molar-refractivity contribution in [3.63, 3.8) is 0 Å². The summed E-state index contributed by atoms with van der Waals surface area (Å²) in [6, 6.07) is 0.285. The van der Waals surface area contributed by atoms with Gasteiger partial charge in [-0.1, -0.05) is 0 Å². The fourth-order valence-electron chi connectivity index (χ4n) is 1.35. The van der Waals surface area contributed by atoms with Crippen LogP contribution in [0.5, 0.6) is 6.01 Å². The summed E-state index contributed by atoms with van der Waals surface area (Å²) in [7, 11) is 1.74. The first-order valence-corrected chi connectivity index (χ1v) is 5.70. The lowest BCUT2D eigenvalue weighted by molar-refractivity contribution is 0.221. The number of anilines is 1. The van der Waals surface area contributed by atoms with Crippen LogP contribution in [0.4, 0.5) is 5.95 Å². The van der Waals surface area contributed by atoms with Gasteiger partial charge in [0.05, 0.1) is 12.3 Å². The van der Waals surface area contributed by atoms with Crippen LogP contribution in [0, 0.1) is 6.92 Å². The molecule has 0 aromatic carbocycles. The number of hydrogen-bond donors (Lipinski definition) is 1. The largest absolute Gasteiger partial charge is 0.461 e. The van der Waals surface area contributed by atoms with Gasteiger partial charge in [-0.15, -0.1) is 0 Å². The average Bonchev–Trinajstić information content (AvgIpc) is 2.74. The maximum atomic E-state index is 5.48. The van der Waals surface area contributed by atoms with Crippen LogP contribution in [0.15, 0.2) is 12.4 Å². The second kappa shape index (κ2) is 4.99. The van der Waals surface area contributed by atoms with Gasteiger partial charge in [0.25, 0.3) is 5.95 Å². The minimum Gasteiger partial charge on any atom is -0.461 e. The van der Waals surface area contributed by atoms with E-state index in [1.54, 1.807) is 17.9 Å². The van der Waals surface area contributed by atoms with E-state index in [2.05, 4.69) is 25.4 Å². The zero-order chi connectivity index (χ0) is 13.1. The maximum absolute atomic E-state index is 5.48. The van der Waals surface area contributed by atoms with Gasteiger partial charge in [0.2, 0.25) is 5.95 Å². The van der Waals surface area contributed by atoms with Crippen LogP contribution >= 0.6 is 0 Å². The molecule has 18 heavy (non-hydrogen) atoms. The zero-order valence-electron chi connectivity index (χ0n) is 10.9. The van der Waals surface area contributed by atoms with Gasteiger partial charge in [0, 0.05) is 13.2 Å². The Labute approximate surface area is 105 Å². The molecule has 7 heteroatoms. The fraction of sp³-hybridized carbons (Fsp3) is 0.455. The molecule has 0 unspecified atom stereocenters. The molecule has 0 spiro atoms. The third kappa shape index (κ3) is 2.73.